The third-order valence-corrected chi connectivity index (χ3v) is 5.48. The summed E-state index contributed by atoms with van der Waals surface area (Å²) in [6, 6.07) is 11.2. The molecule has 2 rings (SSSR count). The van der Waals surface area contributed by atoms with E-state index in [4.69, 9.17) is 0 Å². The second-order valence-electron chi connectivity index (χ2n) is 5.89. The van der Waals surface area contributed by atoms with Gasteiger partial charge >= 0.3 is 0 Å². The Hall–Kier alpha value is -2.18. The van der Waals surface area contributed by atoms with Crippen LogP contribution in [0.3, 0.4) is 0 Å². The number of carbonyl (C=O) groups is 1. The Balaban J connectivity index is 2.11. The number of nitrogens with one attached hydrogen (secondary N) is 2. The number of anilines is 1. The molecule has 0 aromatic heterocycles. The van der Waals surface area contributed by atoms with Gasteiger partial charge in [0.2, 0.25) is 15.9 Å². The third kappa shape index (κ3) is 4.21. The Labute approximate surface area is 143 Å². The van der Waals surface area contributed by atoms with Gasteiger partial charge in [-0.25, -0.2) is 8.42 Å². The lowest BCUT2D eigenvalue weighted by Crippen LogP contribution is -2.41. The molecule has 0 saturated carbocycles. The van der Waals surface area contributed by atoms with Crippen LogP contribution in [0.1, 0.15) is 23.6 Å². The molecule has 0 heterocycles. The number of hydrogen-bond donors (Lipinski definition) is 2. The van der Waals surface area contributed by atoms with E-state index < -0.39 is 22.0 Å². The van der Waals surface area contributed by atoms with E-state index in [1.807, 2.05) is 32.9 Å². The molecule has 0 fully saturated rings. The first kappa shape index (κ1) is 18.2. The first-order chi connectivity index (χ1) is 11.2. The number of aryl methyl sites for hydroxylation is 2. The summed E-state index contributed by atoms with van der Waals surface area (Å²) in [7, 11) is -3.74. The van der Waals surface area contributed by atoms with Gasteiger partial charge in [0.05, 0.1) is 10.9 Å². The fourth-order valence-corrected chi connectivity index (χ4v) is 3.40. The van der Waals surface area contributed by atoms with Crippen LogP contribution in [0.2, 0.25) is 0 Å². The van der Waals surface area contributed by atoms with E-state index in [9.17, 15) is 13.2 Å². The molecule has 2 aromatic carbocycles. The third-order valence-electron chi connectivity index (χ3n) is 3.92. The van der Waals surface area contributed by atoms with Gasteiger partial charge in [-0.05, 0) is 57.0 Å². The number of rotatable bonds is 5. The smallest absolute Gasteiger partial charge is 0.242 e. The topological polar surface area (TPSA) is 75.3 Å². The minimum atomic E-state index is -3.74. The highest BCUT2D eigenvalue weighted by molar-refractivity contribution is 7.89. The average molecular weight is 346 g/mol. The van der Waals surface area contributed by atoms with E-state index in [2.05, 4.69) is 10.0 Å². The van der Waals surface area contributed by atoms with Crippen LogP contribution in [0.25, 0.3) is 0 Å². The van der Waals surface area contributed by atoms with Crippen molar-refractivity contribution in [3.05, 3.63) is 59.2 Å². The van der Waals surface area contributed by atoms with Gasteiger partial charge < -0.3 is 5.32 Å². The highest BCUT2D eigenvalue weighted by Crippen LogP contribution is 2.18. The van der Waals surface area contributed by atoms with E-state index in [1.54, 1.807) is 18.2 Å². The first-order valence-electron chi connectivity index (χ1n) is 7.67. The molecule has 1 amide bonds. The second kappa shape index (κ2) is 7.15. The zero-order valence-corrected chi connectivity index (χ0v) is 15.1. The summed E-state index contributed by atoms with van der Waals surface area (Å²) in [5.41, 5.74) is 3.66. The molecule has 2 aromatic rings. The van der Waals surface area contributed by atoms with Crippen LogP contribution < -0.4 is 10.0 Å². The molecule has 1 atom stereocenters. The van der Waals surface area contributed by atoms with Gasteiger partial charge in [-0.1, -0.05) is 29.8 Å². The predicted octanol–water partition coefficient (Wildman–Crippen LogP) is 2.92. The van der Waals surface area contributed by atoms with E-state index in [-0.39, 0.29) is 4.90 Å². The molecule has 6 heteroatoms. The van der Waals surface area contributed by atoms with Gasteiger partial charge in [-0.15, -0.1) is 0 Å². The van der Waals surface area contributed by atoms with Gasteiger partial charge in [0, 0.05) is 5.69 Å². The van der Waals surface area contributed by atoms with Crippen LogP contribution >= 0.6 is 0 Å². The molecule has 128 valence electrons. The van der Waals surface area contributed by atoms with Crippen LogP contribution in [0.4, 0.5) is 5.69 Å². The summed E-state index contributed by atoms with van der Waals surface area (Å²) in [6.45, 7) is 7.26. The summed E-state index contributed by atoms with van der Waals surface area (Å²) in [5, 5.41) is 2.77. The summed E-state index contributed by atoms with van der Waals surface area (Å²) >= 11 is 0. The van der Waals surface area contributed by atoms with Crippen LogP contribution in [-0.2, 0) is 14.8 Å². The SMILES string of the molecule is Cc1ccc(S(=O)(=O)N[C@H](C)C(=O)Nc2cccc(C)c2C)cc1. The number of hydrogen-bond acceptors (Lipinski definition) is 3. The molecular formula is C18H22N2O3S. The molecule has 0 aliphatic heterocycles. The lowest BCUT2D eigenvalue weighted by molar-refractivity contribution is -0.117. The van der Waals surface area contributed by atoms with Gasteiger partial charge in [0.15, 0.2) is 0 Å². The Morgan fingerprint density at radius 3 is 2.25 bits per heavy atom. The van der Waals surface area contributed by atoms with Crippen LogP contribution in [0.5, 0.6) is 0 Å². The van der Waals surface area contributed by atoms with Gasteiger partial charge in [0.1, 0.15) is 0 Å². The molecule has 0 spiro atoms. The van der Waals surface area contributed by atoms with Crippen molar-refractivity contribution in [3.63, 3.8) is 0 Å². The molecule has 0 aliphatic carbocycles. The maximum atomic E-state index is 12.3. The number of sulfonamides is 1. The molecular weight excluding hydrogens is 324 g/mol. The Morgan fingerprint density at radius 2 is 1.62 bits per heavy atom. The summed E-state index contributed by atoms with van der Waals surface area (Å²) in [4.78, 5) is 12.4. The zero-order chi connectivity index (χ0) is 17.9. The number of carbonyl (C=O) groups excluding carboxylic acids is 1. The molecule has 5 nitrogen and oxygen atoms in total. The van der Waals surface area contributed by atoms with Crippen LogP contribution in [0, 0.1) is 20.8 Å². The monoisotopic (exact) mass is 346 g/mol. The second-order valence-corrected chi connectivity index (χ2v) is 7.61. The summed E-state index contributed by atoms with van der Waals surface area (Å²) < 4.78 is 27.1. The summed E-state index contributed by atoms with van der Waals surface area (Å²) in [5.74, 6) is -0.403. The molecule has 0 saturated heterocycles. The minimum Gasteiger partial charge on any atom is -0.324 e. The lowest BCUT2D eigenvalue weighted by atomic mass is 10.1. The largest absolute Gasteiger partial charge is 0.324 e. The Morgan fingerprint density at radius 1 is 1.00 bits per heavy atom. The first-order valence-corrected chi connectivity index (χ1v) is 9.15. The standard InChI is InChI=1S/C18H22N2O3S/c1-12-8-10-16(11-9-12)24(22,23)20-15(4)18(21)19-17-7-5-6-13(2)14(17)3/h5-11,15,20H,1-4H3,(H,19,21)/t15-/m1/s1. The summed E-state index contributed by atoms with van der Waals surface area (Å²) in [6.07, 6.45) is 0. The van der Waals surface area contributed by atoms with Crippen molar-refractivity contribution in [1.29, 1.82) is 0 Å². The zero-order valence-electron chi connectivity index (χ0n) is 14.3. The molecule has 2 N–H and O–H groups in total. The van der Waals surface area contributed by atoms with Gasteiger partial charge in [-0.3, -0.25) is 4.79 Å². The van der Waals surface area contributed by atoms with Crippen LogP contribution in [0.15, 0.2) is 47.4 Å². The highest BCUT2D eigenvalue weighted by Gasteiger charge is 2.22. The van der Waals surface area contributed by atoms with Crippen molar-refractivity contribution in [2.45, 2.75) is 38.6 Å². The van der Waals surface area contributed by atoms with Crippen molar-refractivity contribution in [2.24, 2.45) is 0 Å². The Bertz CT molecular complexity index is 843. The fourth-order valence-electron chi connectivity index (χ4n) is 2.20. The Kier molecular flexibility index (Phi) is 5.41. The van der Waals surface area contributed by atoms with Crippen molar-refractivity contribution in [3.8, 4) is 0 Å². The van der Waals surface area contributed by atoms with E-state index in [0.717, 1.165) is 16.7 Å². The molecule has 0 radical (unpaired) electrons. The van der Waals surface area contributed by atoms with E-state index in [1.165, 1.54) is 19.1 Å². The highest BCUT2D eigenvalue weighted by atomic mass is 32.2. The van der Waals surface area contributed by atoms with Crippen molar-refractivity contribution < 1.29 is 13.2 Å². The quantitative estimate of drug-likeness (QED) is 0.874. The van der Waals surface area contributed by atoms with E-state index in [0.29, 0.717) is 5.69 Å². The maximum absolute atomic E-state index is 12.3. The molecule has 0 aliphatic rings. The van der Waals surface area contributed by atoms with Gasteiger partial charge in [0.25, 0.3) is 0 Å². The minimum absolute atomic E-state index is 0.138. The molecule has 24 heavy (non-hydrogen) atoms. The number of benzene rings is 2. The van der Waals surface area contributed by atoms with Crippen molar-refractivity contribution in [2.75, 3.05) is 5.32 Å². The van der Waals surface area contributed by atoms with Crippen molar-refractivity contribution >= 4 is 21.6 Å². The number of amides is 1. The molecule has 0 unspecified atom stereocenters. The normalized spacial score (nSPS) is 12.7. The van der Waals surface area contributed by atoms with Gasteiger partial charge in [-0.2, -0.15) is 4.72 Å². The lowest BCUT2D eigenvalue weighted by Gasteiger charge is -2.16. The fraction of sp³-hybridized carbons (Fsp3) is 0.278. The maximum Gasteiger partial charge on any atom is 0.242 e. The van der Waals surface area contributed by atoms with Crippen molar-refractivity contribution in [1.82, 2.24) is 4.72 Å². The average Bonchev–Trinajstić information content (AvgIpc) is 2.51. The predicted molar refractivity (Wildman–Crippen MR) is 95.5 cm³/mol. The van der Waals surface area contributed by atoms with E-state index >= 15 is 0 Å². The molecule has 0 bridgehead atoms. The van der Waals surface area contributed by atoms with Crippen LogP contribution in [-0.4, -0.2) is 20.4 Å².